The molecule has 1 unspecified atom stereocenters. The van der Waals surface area contributed by atoms with Gasteiger partial charge in [-0.25, -0.2) is 0 Å². The summed E-state index contributed by atoms with van der Waals surface area (Å²) in [6.07, 6.45) is 0. The van der Waals surface area contributed by atoms with Crippen LogP contribution in [0.25, 0.3) is 0 Å². The molecule has 1 fully saturated rings. The van der Waals surface area contributed by atoms with E-state index in [9.17, 15) is 9.59 Å². The molecule has 0 aliphatic carbocycles. The maximum atomic E-state index is 12.0. The first-order chi connectivity index (χ1) is 9.43. The van der Waals surface area contributed by atoms with Crippen molar-refractivity contribution in [2.24, 2.45) is 0 Å². The van der Waals surface area contributed by atoms with E-state index in [0.29, 0.717) is 5.75 Å². The average molecular weight is 293 g/mol. The van der Waals surface area contributed by atoms with Crippen LogP contribution in [0.1, 0.15) is 27.6 Å². The molecule has 0 aromatic heterocycles. The van der Waals surface area contributed by atoms with Crippen molar-refractivity contribution in [3.8, 4) is 0 Å². The van der Waals surface area contributed by atoms with Gasteiger partial charge in [0.1, 0.15) is 11.9 Å². The molecule has 1 aromatic rings. The number of benzene rings is 1. The molecule has 20 heavy (non-hydrogen) atoms. The van der Waals surface area contributed by atoms with Gasteiger partial charge in [-0.05, 0) is 37.5 Å². The Hall–Kier alpha value is -1.49. The molecular weight excluding hydrogens is 274 g/mol. The molecule has 1 aliphatic rings. The molecule has 1 atom stereocenters. The molecule has 1 amide bonds. The molecular formula is C15H19NO3S. The molecule has 1 aromatic carbocycles. The van der Waals surface area contributed by atoms with Gasteiger partial charge in [-0.2, -0.15) is 0 Å². The van der Waals surface area contributed by atoms with Crippen LogP contribution in [0.3, 0.4) is 0 Å². The van der Waals surface area contributed by atoms with E-state index < -0.39 is 0 Å². The molecule has 1 aliphatic heterocycles. The third-order valence-corrected chi connectivity index (χ3v) is 4.70. The predicted molar refractivity (Wildman–Crippen MR) is 79.6 cm³/mol. The van der Waals surface area contributed by atoms with Crippen molar-refractivity contribution in [1.29, 1.82) is 0 Å². The molecule has 0 spiro atoms. The minimum Gasteiger partial charge on any atom is -0.468 e. The van der Waals surface area contributed by atoms with E-state index in [-0.39, 0.29) is 23.8 Å². The zero-order valence-corrected chi connectivity index (χ0v) is 13.0. The first-order valence-electron chi connectivity index (χ1n) is 6.49. The molecule has 4 nitrogen and oxygen atoms in total. The summed E-state index contributed by atoms with van der Waals surface area (Å²) in [7, 11) is 1.34. The summed E-state index contributed by atoms with van der Waals surface area (Å²) >= 11 is 1.57. The van der Waals surface area contributed by atoms with Crippen molar-refractivity contribution in [1.82, 2.24) is 4.90 Å². The van der Waals surface area contributed by atoms with Gasteiger partial charge in [-0.3, -0.25) is 9.59 Å². The van der Waals surface area contributed by atoms with E-state index in [2.05, 4.69) is 37.6 Å². The Labute approximate surface area is 123 Å². The summed E-state index contributed by atoms with van der Waals surface area (Å²) < 4.78 is 4.68. The van der Waals surface area contributed by atoms with Gasteiger partial charge in [-0.15, -0.1) is 11.8 Å². The normalized spacial score (nSPS) is 18.5. The molecule has 0 bridgehead atoms. The number of aryl methyl sites for hydroxylation is 3. The van der Waals surface area contributed by atoms with Crippen molar-refractivity contribution in [2.75, 3.05) is 19.4 Å². The highest BCUT2D eigenvalue weighted by Gasteiger charge is 2.35. The minimum atomic E-state index is -0.381. The lowest BCUT2D eigenvalue weighted by Crippen LogP contribution is -2.34. The molecule has 5 heteroatoms. The topological polar surface area (TPSA) is 46.6 Å². The first-order valence-corrected chi connectivity index (χ1v) is 7.54. The third kappa shape index (κ3) is 2.82. The largest absolute Gasteiger partial charge is 0.468 e. The van der Waals surface area contributed by atoms with E-state index in [1.54, 1.807) is 16.7 Å². The zero-order chi connectivity index (χ0) is 14.9. The van der Waals surface area contributed by atoms with E-state index >= 15 is 0 Å². The van der Waals surface area contributed by atoms with Gasteiger partial charge in [0, 0.05) is 0 Å². The van der Waals surface area contributed by atoms with Gasteiger partial charge in [0.05, 0.1) is 12.9 Å². The Morgan fingerprint density at radius 2 is 1.95 bits per heavy atom. The van der Waals surface area contributed by atoms with E-state index in [1.807, 2.05) is 0 Å². The monoisotopic (exact) mass is 293 g/mol. The Morgan fingerprint density at radius 1 is 1.35 bits per heavy atom. The van der Waals surface area contributed by atoms with Crippen LogP contribution in [0.15, 0.2) is 12.1 Å². The lowest BCUT2D eigenvalue weighted by Gasteiger charge is -2.26. The fraction of sp³-hybridized carbons (Fsp3) is 0.467. The van der Waals surface area contributed by atoms with Crippen molar-refractivity contribution in [2.45, 2.75) is 26.1 Å². The maximum absolute atomic E-state index is 12.0. The van der Waals surface area contributed by atoms with Crippen molar-refractivity contribution in [3.63, 3.8) is 0 Å². The Morgan fingerprint density at radius 3 is 2.50 bits per heavy atom. The van der Waals surface area contributed by atoms with Gasteiger partial charge in [0.2, 0.25) is 5.91 Å². The van der Waals surface area contributed by atoms with Crippen LogP contribution in [0.4, 0.5) is 0 Å². The van der Waals surface area contributed by atoms with E-state index in [1.165, 1.54) is 12.7 Å². The number of amides is 1. The summed E-state index contributed by atoms with van der Waals surface area (Å²) in [6.45, 7) is 6.17. The Bertz CT molecular complexity index is 533. The smallest absolute Gasteiger partial charge is 0.325 e. The van der Waals surface area contributed by atoms with Gasteiger partial charge < -0.3 is 9.64 Å². The second kappa shape index (κ2) is 5.87. The van der Waals surface area contributed by atoms with Gasteiger partial charge in [0.25, 0.3) is 0 Å². The molecule has 1 saturated heterocycles. The van der Waals surface area contributed by atoms with Crippen molar-refractivity contribution >= 4 is 23.6 Å². The second-order valence-electron chi connectivity index (χ2n) is 5.07. The lowest BCUT2D eigenvalue weighted by atomic mass is 9.99. The standard InChI is InChI=1S/C15H19NO3S/c1-9-5-10(2)14(11(3)6-9)15-16(7-13(18)19-4)12(17)8-20-15/h5-6,15H,7-8H2,1-4H3. The number of hydrogen-bond acceptors (Lipinski definition) is 4. The lowest BCUT2D eigenvalue weighted by molar-refractivity contribution is -0.146. The number of hydrogen-bond donors (Lipinski definition) is 0. The van der Waals surface area contributed by atoms with Crippen molar-refractivity contribution in [3.05, 3.63) is 34.4 Å². The van der Waals surface area contributed by atoms with E-state index in [0.717, 1.165) is 16.7 Å². The Kier molecular flexibility index (Phi) is 4.38. The minimum absolute atomic E-state index is 0.00947. The molecule has 0 N–H and O–H groups in total. The molecule has 0 radical (unpaired) electrons. The summed E-state index contributed by atoms with van der Waals surface area (Å²) in [6, 6.07) is 4.23. The van der Waals surface area contributed by atoms with E-state index in [4.69, 9.17) is 0 Å². The number of thioether (sulfide) groups is 1. The summed E-state index contributed by atoms with van der Waals surface area (Å²) in [5, 5.41) is -0.0952. The number of ether oxygens (including phenoxy) is 1. The highest BCUT2D eigenvalue weighted by molar-refractivity contribution is 8.00. The van der Waals surface area contributed by atoms with Crippen LogP contribution in [-0.4, -0.2) is 36.2 Å². The quantitative estimate of drug-likeness (QED) is 0.803. The summed E-state index contributed by atoms with van der Waals surface area (Å²) in [5.74, 6) is 0.0204. The fourth-order valence-electron chi connectivity index (χ4n) is 2.65. The zero-order valence-electron chi connectivity index (χ0n) is 12.2. The van der Waals surface area contributed by atoms with Crippen LogP contribution < -0.4 is 0 Å². The highest BCUT2D eigenvalue weighted by atomic mass is 32.2. The Balaban J connectivity index is 2.36. The summed E-state index contributed by atoms with van der Waals surface area (Å²) in [4.78, 5) is 25.1. The van der Waals surface area contributed by atoms with Crippen molar-refractivity contribution < 1.29 is 14.3 Å². The molecule has 2 rings (SSSR count). The molecule has 0 saturated carbocycles. The van der Waals surface area contributed by atoms with Gasteiger partial charge in [0.15, 0.2) is 0 Å². The number of esters is 1. The summed E-state index contributed by atoms with van der Waals surface area (Å²) in [5.41, 5.74) is 4.65. The SMILES string of the molecule is COC(=O)CN1C(=O)CSC1c1c(C)cc(C)cc1C. The van der Waals surface area contributed by atoms with Crippen LogP contribution >= 0.6 is 11.8 Å². The van der Waals surface area contributed by atoms with Crippen LogP contribution in [0, 0.1) is 20.8 Å². The maximum Gasteiger partial charge on any atom is 0.325 e. The number of nitrogens with zero attached hydrogens (tertiary/aromatic N) is 1. The number of carbonyl (C=O) groups excluding carboxylic acids is 2. The average Bonchev–Trinajstić information content (AvgIpc) is 2.70. The molecule has 1 heterocycles. The first kappa shape index (κ1) is 14.9. The van der Waals surface area contributed by atoms with Crippen LogP contribution in [0.5, 0.6) is 0 Å². The second-order valence-corrected chi connectivity index (χ2v) is 6.14. The number of rotatable bonds is 3. The van der Waals surface area contributed by atoms with Crippen LogP contribution in [-0.2, 0) is 14.3 Å². The van der Waals surface area contributed by atoms with Crippen LogP contribution in [0.2, 0.25) is 0 Å². The van der Waals surface area contributed by atoms with Gasteiger partial charge >= 0.3 is 5.97 Å². The predicted octanol–water partition coefficient (Wildman–Crippen LogP) is 2.36. The molecule has 108 valence electrons. The highest BCUT2D eigenvalue weighted by Crippen LogP contribution is 2.41. The number of methoxy groups -OCH3 is 1. The number of carbonyl (C=O) groups is 2. The van der Waals surface area contributed by atoms with Gasteiger partial charge in [-0.1, -0.05) is 17.7 Å². The third-order valence-electron chi connectivity index (χ3n) is 3.48. The fourth-order valence-corrected chi connectivity index (χ4v) is 4.03.